The predicted octanol–water partition coefficient (Wildman–Crippen LogP) is 3.05. The molecule has 2 aromatic rings. The molecule has 25 heavy (non-hydrogen) atoms. The first-order chi connectivity index (χ1) is 12.2. The molecule has 0 aromatic heterocycles. The van der Waals surface area contributed by atoms with Gasteiger partial charge >= 0.3 is 0 Å². The van der Waals surface area contributed by atoms with Gasteiger partial charge in [0.15, 0.2) is 0 Å². The van der Waals surface area contributed by atoms with E-state index in [2.05, 4.69) is 5.32 Å². The molecule has 0 unspecified atom stereocenters. The lowest BCUT2D eigenvalue weighted by molar-refractivity contribution is -0.133. The molecule has 0 radical (unpaired) electrons. The molecule has 1 fully saturated rings. The van der Waals surface area contributed by atoms with Crippen LogP contribution in [-0.4, -0.2) is 38.4 Å². The van der Waals surface area contributed by atoms with E-state index in [1.54, 1.807) is 14.0 Å². The minimum absolute atomic E-state index is 0.119. The van der Waals surface area contributed by atoms with Crippen LogP contribution in [0.4, 0.5) is 0 Å². The van der Waals surface area contributed by atoms with Gasteiger partial charge in [0.1, 0.15) is 11.9 Å². The van der Waals surface area contributed by atoms with Crippen LogP contribution >= 0.6 is 0 Å². The summed E-state index contributed by atoms with van der Waals surface area (Å²) in [4.78, 5) is 12.3. The molecule has 5 nitrogen and oxygen atoms in total. The number of benzene rings is 2. The Balaban J connectivity index is 1.62. The van der Waals surface area contributed by atoms with Crippen molar-refractivity contribution in [3.63, 3.8) is 0 Å². The summed E-state index contributed by atoms with van der Waals surface area (Å²) in [6.07, 6.45) is 1.68. The molecule has 2 atom stereocenters. The Morgan fingerprint density at radius 1 is 1.32 bits per heavy atom. The van der Waals surface area contributed by atoms with E-state index >= 15 is 0 Å². The zero-order valence-corrected chi connectivity index (χ0v) is 14.8. The molecule has 3 rings (SSSR count). The van der Waals surface area contributed by atoms with Crippen molar-refractivity contribution >= 4 is 16.7 Å². The maximum absolute atomic E-state index is 12.3. The molecule has 0 aliphatic carbocycles. The second-order valence-corrected chi connectivity index (χ2v) is 6.30. The van der Waals surface area contributed by atoms with Gasteiger partial charge in [0.2, 0.25) is 5.91 Å². The zero-order valence-electron chi connectivity index (χ0n) is 14.8. The molecule has 1 aliphatic heterocycles. The van der Waals surface area contributed by atoms with Crippen molar-refractivity contribution in [1.29, 1.82) is 0 Å². The average Bonchev–Trinajstić information content (AvgIpc) is 3.17. The fourth-order valence-electron chi connectivity index (χ4n) is 3.11. The van der Waals surface area contributed by atoms with Crippen LogP contribution in [0.1, 0.15) is 25.3 Å². The highest BCUT2D eigenvalue weighted by atomic mass is 16.5. The molecule has 5 heteroatoms. The van der Waals surface area contributed by atoms with Gasteiger partial charge in [0, 0.05) is 18.7 Å². The van der Waals surface area contributed by atoms with Crippen molar-refractivity contribution in [1.82, 2.24) is 5.32 Å². The fraction of sp³-hybridized carbons (Fsp3) is 0.450. The number of ether oxygens (including phenoxy) is 3. The highest BCUT2D eigenvalue weighted by Crippen LogP contribution is 2.27. The normalized spacial score (nSPS) is 18.2. The lowest BCUT2D eigenvalue weighted by atomic mass is 10.0. The number of carbonyl (C=O) groups is 1. The number of hydrogen-bond donors (Lipinski definition) is 1. The summed E-state index contributed by atoms with van der Waals surface area (Å²) < 4.78 is 16.6. The fourth-order valence-corrected chi connectivity index (χ4v) is 3.11. The summed E-state index contributed by atoms with van der Waals surface area (Å²) in [7, 11) is 1.64. The van der Waals surface area contributed by atoms with E-state index in [4.69, 9.17) is 14.2 Å². The molecule has 1 amide bonds. The topological polar surface area (TPSA) is 56.8 Å². The van der Waals surface area contributed by atoms with Gasteiger partial charge in [-0.2, -0.15) is 0 Å². The van der Waals surface area contributed by atoms with E-state index in [1.165, 1.54) is 0 Å². The maximum Gasteiger partial charge on any atom is 0.249 e. The molecule has 0 saturated carbocycles. The van der Waals surface area contributed by atoms with Crippen LogP contribution in [0, 0.1) is 0 Å². The van der Waals surface area contributed by atoms with E-state index in [1.807, 2.05) is 36.4 Å². The summed E-state index contributed by atoms with van der Waals surface area (Å²) in [5, 5.41) is 5.16. The van der Waals surface area contributed by atoms with Gasteiger partial charge in [-0.25, -0.2) is 0 Å². The van der Waals surface area contributed by atoms with Crippen LogP contribution in [0.25, 0.3) is 10.8 Å². The first-order valence-electron chi connectivity index (χ1n) is 8.74. The highest BCUT2D eigenvalue weighted by molar-refractivity contribution is 5.88. The largest absolute Gasteiger partial charge is 0.496 e. The summed E-state index contributed by atoms with van der Waals surface area (Å²) in [6.45, 7) is 3.42. The lowest BCUT2D eigenvalue weighted by Gasteiger charge is -2.17. The van der Waals surface area contributed by atoms with Crippen LogP contribution in [-0.2, 0) is 20.8 Å². The minimum Gasteiger partial charge on any atom is -0.496 e. The number of hydrogen-bond acceptors (Lipinski definition) is 4. The van der Waals surface area contributed by atoms with Crippen molar-refractivity contribution in [2.75, 3.05) is 20.3 Å². The Morgan fingerprint density at radius 3 is 2.92 bits per heavy atom. The van der Waals surface area contributed by atoms with E-state index in [0.29, 0.717) is 13.2 Å². The van der Waals surface area contributed by atoms with Crippen molar-refractivity contribution < 1.29 is 19.0 Å². The number of amides is 1. The number of rotatable bonds is 7. The van der Waals surface area contributed by atoms with Gasteiger partial charge in [-0.1, -0.05) is 30.3 Å². The van der Waals surface area contributed by atoms with Gasteiger partial charge in [-0.15, -0.1) is 0 Å². The smallest absolute Gasteiger partial charge is 0.249 e. The quantitative estimate of drug-likeness (QED) is 0.839. The number of methoxy groups -OCH3 is 1. The molecule has 1 heterocycles. The molecule has 2 aromatic carbocycles. The first-order valence-corrected chi connectivity index (χ1v) is 8.74. The molecule has 0 spiro atoms. The van der Waals surface area contributed by atoms with Gasteiger partial charge in [-0.05, 0) is 36.6 Å². The average molecular weight is 343 g/mol. The van der Waals surface area contributed by atoms with Crippen LogP contribution < -0.4 is 10.1 Å². The second kappa shape index (κ2) is 8.32. The highest BCUT2D eigenvalue weighted by Gasteiger charge is 2.20. The van der Waals surface area contributed by atoms with Crippen molar-refractivity contribution in [2.24, 2.45) is 0 Å². The first kappa shape index (κ1) is 17.7. The second-order valence-electron chi connectivity index (χ2n) is 6.30. The maximum atomic E-state index is 12.3. The van der Waals surface area contributed by atoms with Gasteiger partial charge in [0.05, 0.1) is 19.8 Å². The Labute approximate surface area is 148 Å². The van der Waals surface area contributed by atoms with Crippen molar-refractivity contribution in [2.45, 2.75) is 38.5 Å². The van der Waals surface area contributed by atoms with E-state index < -0.39 is 6.10 Å². The number of nitrogens with one attached hydrogen (secondary N) is 1. The molecule has 1 N–H and O–H groups in total. The Hall–Kier alpha value is -2.11. The standard InChI is InChI=1S/C20H25NO4/c1-14(25-13-16-7-5-11-24-16)20(22)21-12-18-17-8-4-3-6-15(17)9-10-19(18)23-2/h3-4,6,8-10,14,16H,5,7,11-13H2,1-2H3,(H,21,22)/t14-,16+/m1/s1. The van der Waals surface area contributed by atoms with Crippen LogP contribution in [0.2, 0.25) is 0 Å². The van der Waals surface area contributed by atoms with Crippen LogP contribution in [0.5, 0.6) is 5.75 Å². The third kappa shape index (κ3) is 4.30. The Morgan fingerprint density at radius 2 is 2.16 bits per heavy atom. The summed E-state index contributed by atoms with van der Waals surface area (Å²) in [6, 6.07) is 12.0. The van der Waals surface area contributed by atoms with Crippen molar-refractivity contribution in [3.8, 4) is 5.75 Å². The van der Waals surface area contributed by atoms with Gasteiger partial charge in [-0.3, -0.25) is 4.79 Å². The molecule has 0 bridgehead atoms. The monoisotopic (exact) mass is 343 g/mol. The van der Waals surface area contributed by atoms with Crippen LogP contribution in [0.15, 0.2) is 36.4 Å². The van der Waals surface area contributed by atoms with E-state index in [-0.39, 0.29) is 12.0 Å². The number of carbonyl (C=O) groups excluding carboxylic acids is 1. The lowest BCUT2D eigenvalue weighted by Crippen LogP contribution is -2.35. The summed E-state index contributed by atoms with van der Waals surface area (Å²) >= 11 is 0. The molecular weight excluding hydrogens is 318 g/mol. The van der Waals surface area contributed by atoms with E-state index in [0.717, 1.165) is 41.5 Å². The molecular formula is C20H25NO4. The zero-order chi connectivity index (χ0) is 17.6. The predicted molar refractivity (Wildman–Crippen MR) is 96.7 cm³/mol. The third-order valence-corrected chi connectivity index (χ3v) is 4.58. The molecule has 1 aliphatic rings. The number of fused-ring (bicyclic) bond motifs is 1. The molecule has 1 saturated heterocycles. The van der Waals surface area contributed by atoms with Gasteiger partial charge in [0.25, 0.3) is 0 Å². The van der Waals surface area contributed by atoms with Crippen molar-refractivity contribution in [3.05, 3.63) is 42.0 Å². The summed E-state index contributed by atoms with van der Waals surface area (Å²) in [5.74, 6) is 0.639. The molecule has 134 valence electrons. The van der Waals surface area contributed by atoms with Crippen LogP contribution in [0.3, 0.4) is 0 Å². The summed E-state index contributed by atoms with van der Waals surface area (Å²) in [5.41, 5.74) is 0.972. The van der Waals surface area contributed by atoms with Gasteiger partial charge < -0.3 is 19.5 Å². The third-order valence-electron chi connectivity index (χ3n) is 4.58. The Bertz CT molecular complexity index is 725. The van der Waals surface area contributed by atoms with E-state index in [9.17, 15) is 4.79 Å². The SMILES string of the molecule is COc1ccc2ccccc2c1CNC(=O)[C@@H](C)OC[C@@H]1CCCO1. The minimum atomic E-state index is -0.509. The Kier molecular flexibility index (Phi) is 5.89.